The normalized spacial score (nSPS) is 19.8. The molecule has 5 nitrogen and oxygen atoms in total. The molecule has 1 aliphatic rings. The minimum absolute atomic E-state index is 0.0679. The van der Waals surface area contributed by atoms with Crippen LogP contribution in [0.4, 0.5) is 0 Å². The first kappa shape index (κ1) is 14.1. The molecule has 0 bridgehead atoms. The van der Waals surface area contributed by atoms with Crippen LogP contribution in [0.3, 0.4) is 0 Å². The maximum Gasteiger partial charge on any atom is 0.251 e. The van der Waals surface area contributed by atoms with E-state index in [1.165, 1.54) is 0 Å². The van der Waals surface area contributed by atoms with Crippen molar-refractivity contribution in [1.82, 2.24) is 14.5 Å². The molecule has 2 heterocycles. The van der Waals surface area contributed by atoms with E-state index < -0.39 is 0 Å². The van der Waals surface area contributed by atoms with Gasteiger partial charge in [0.15, 0.2) is 0 Å². The standard InChI is InChI=1S/C14H23N3O2/c1-4-19-11(2)14(18)16(3)9-12-5-6-13-15-7-8-17(13)10-12/h7-8,11-12H,4-6,9-10H2,1-3H3/t11-,12-/m1/s1. The van der Waals surface area contributed by atoms with E-state index in [4.69, 9.17) is 4.74 Å². The molecular formula is C14H23N3O2. The molecule has 0 saturated heterocycles. The van der Waals surface area contributed by atoms with E-state index in [0.29, 0.717) is 12.5 Å². The minimum atomic E-state index is -0.345. The predicted molar refractivity (Wildman–Crippen MR) is 72.8 cm³/mol. The van der Waals surface area contributed by atoms with E-state index in [9.17, 15) is 4.79 Å². The van der Waals surface area contributed by atoms with Crippen LogP contribution in [0.1, 0.15) is 26.1 Å². The van der Waals surface area contributed by atoms with Crippen molar-refractivity contribution in [3.63, 3.8) is 0 Å². The van der Waals surface area contributed by atoms with Crippen molar-refractivity contribution in [2.45, 2.75) is 39.3 Å². The molecule has 5 heteroatoms. The maximum absolute atomic E-state index is 12.1. The maximum atomic E-state index is 12.1. The highest BCUT2D eigenvalue weighted by Gasteiger charge is 2.24. The van der Waals surface area contributed by atoms with E-state index in [1.54, 1.807) is 4.90 Å². The summed E-state index contributed by atoms with van der Waals surface area (Å²) in [4.78, 5) is 18.2. The average Bonchev–Trinajstić information content (AvgIpc) is 2.85. The molecule has 0 N–H and O–H groups in total. The highest BCUT2D eigenvalue weighted by atomic mass is 16.5. The van der Waals surface area contributed by atoms with Gasteiger partial charge in [0.2, 0.25) is 0 Å². The van der Waals surface area contributed by atoms with Crippen molar-refractivity contribution < 1.29 is 9.53 Å². The zero-order valence-corrected chi connectivity index (χ0v) is 12.0. The Morgan fingerprint density at radius 2 is 2.47 bits per heavy atom. The van der Waals surface area contributed by atoms with Gasteiger partial charge in [-0.25, -0.2) is 4.98 Å². The second-order valence-electron chi connectivity index (χ2n) is 5.22. The highest BCUT2D eigenvalue weighted by Crippen LogP contribution is 2.19. The molecule has 2 atom stereocenters. The lowest BCUT2D eigenvalue weighted by Crippen LogP contribution is -2.40. The number of rotatable bonds is 5. The Hall–Kier alpha value is -1.36. The van der Waals surface area contributed by atoms with Crippen LogP contribution < -0.4 is 0 Å². The topological polar surface area (TPSA) is 47.4 Å². The number of aromatic nitrogens is 2. The Balaban J connectivity index is 1.86. The summed E-state index contributed by atoms with van der Waals surface area (Å²) in [6.45, 7) is 6.04. The van der Waals surface area contributed by atoms with E-state index in [0.717, 1.165) is 31.8 Å². The molecule has 1 aromatic rings. The van der Waals surface area contributed by atoms with Gasteiger partial charge in [0.25, 0.3) is 5.91 Å². The van der Waals surface area contributed by atoms with Gasteiger partial charge in [0.1, 0.15) is 11.9 Å². The van der Waals surface area contributed by atoms with Crippen molar-refractivity contribution in [3.05, 3.63) is 18.2 Å². The number of imidazole rings is 1. The summed E-state index contributed by atoms with van der Waals surface area (Å²) >= 11 is 0. The van der Waals surface area contributed by atoms with Gasteiger partial charge in [0, 0.05) is 45.6 Å². The van der Waals surface area contributed by atoms with Crippen LogP contribution >= 0.6 is 0 Å². The molecule has 0 radical (unpaired) electrons. The molecule has 1 amide bonds. The number of likely N-dealkylation sites (N-methyl/N-ethyl adjacent to an activating group) is 1. The van der Waals surface area contributed by atoms with Gasteiger partial charge < -0.3 is 14.2 Å². The lowest BCUT2D eigenvalue weighted by atomic mass is 9.99. The third-order valence-corrected chi connectivity index (χ3v) is 3.71. The van der Waals surface area contributed by atoms with Crippen molar-refractivity contribution in [2.75, 3.05) is 20.2 Å². The Bertz CT molecular complexity index is 430. The Morgan fingerprint density at radius 3 is 3.21 bits per heavy atom. The molecule has 106 valence electrons. The second-order valence-corrected chi connectivity index (χ2v) is 5.22. The van der Waals surface area contributed by atoms with Crippen LogP contribution in [-0.2, 0) is 22.5 Å². The number of fused-ring (bicyclic) bond motifs is 1. The van der Waals surface area contributed by atoms with Crippen molar-refractivity contribution in [2.24, 2.45) is 5.92 Å². The highest BCUT2D eigenvalue weighted by molar-refractivity contribution is 5.80. The Morgan fingerprint density at radius 1 is 1.68 bits per heavy atom. The first-order chi connectivity index (χ1) is 9.11. The summed E-state index contributed by atoms with van der Waals surface area (Å²) in [6, 6.07) is 0. The summed E-state index contributed by atoms with van der Waals surface area (Å²) in [6.07, 6.45) is 5.62. The molecule has 2 rings (SSSR count). The van der Waals surface area contributed by atoms with Crippen LogP contribution in [0.15, 0.2) is 12.4 Å². The number of ether oxygens (including phenoxy) is 1. The lowest BCUT2D eigenvalue weighted by molar-refractivity contribution is -0.141. The Labute approximate surface area is 114 Å². The molecule has 0 spiro atoms. The van der Waals surface area contributed by atoms with Crippen LogP contribution in [0.5, 0.6) is 0 Å². The first-order valence-corrected chi connectivity index (χ1v) is 6.98. The van der Waals surface area contributed by atoms with Gasteiger partial charge in [-0.2, -0.15) is 0 Å². The summed E-state index contributed by atoms with van der Waals surface area (Å²) < 4.78 is 7.54. The van der Waals surface area contributed by atoms with E-state index in [-0.39, 0.29) is 12.0 Å². The van der Waals surface area contributed by atoms with Gasteiger partial charge >= 0.3 is 0 Å². The third kappa shape index (κ3) is 3.35. The summed E-state index contributed by atoms with van der Waals surface area (Å²) in [7, 11) is 1.86. The smallest absolute Gasteiger partial charge is 0.251 e. The fourth-order valence-corrected chi connectivity index (χ4v) is 2.70. The molecule has 19 heavy (non-hydrogen) atoms. The van der Waals surface area contributed by atoms with Gasteiger partial charge in [-0.15, -0.1) is 0 Å². The molecule has 0 fully saturated rings. The number of hydrogen-bond donors (Lipinski definition) is 0. The fraction of sp³-hybridized carbons (Fsp3) is 0.714. The molecule has 0 aliphatic carbocycles. The fourth-order valence-electron chi connectivity index (χ4n) is 2.70. The number of hydrogen-bond acceptors (Lipinski definition) is 3. The summed E-state index contributed by atoms with van der Waals surface area (Å²) in [5, 5.41) is 0. The molecule has 1 aliphatic heterocycles. The molecular weight excluding hydrogens is 242 g/mol. The van der Waals surface area contributed by atoms with E-state index >= 15 is 0 Å². The quantitative estimate of drug-likeness (QED) is 0.807. The number of carbonyl (C=O) groups is 1. The Kier molecular flexibility index (Phi) is 4.58. The number of aryl methyl sites for hydroxylation is 1. The zero-order chi connectivity index (χ0) is 13.8. The van der Waals surface area contributed by atoms with Crippen LogP contribution in [0.25, 0.3) is 0 Å². The van der Waals surface area contributed by atoms with Gasteiger partial charge in [0.05, 0.1) is 0 Å². The van der Waals surface area contributed by atoms with Crippen LogP contribution in [-0.4, -0.2) is 46.7 Å². The number of amides is 1. The van der Waals surface area contributed by atoms with Gasteiger partial charge in [-0.1, -0.05) is 0 Å². The van der Waals surface area contributed by atoms with E-state index in [2.05, 4.69) is 9.55 Å². The zero-order valence-electron chi connectivity index (χ0n) is 12.0. The largest absolute Gasteiger partial charge is 0.369 e. The molecule has 0 unspecified atom stereocenters. The van der Waals surface area contributed by atoms with Crippen LogP contribution in [0, 0.1) is 5.92 Å². The summed E-state index contributed by atoms with van der Waals surface area (Å²) in [5.41, 5.74) is 0. The van der Waals surface area contributed by atoms with Crippen molar-refractivity contribution in [1.29, 1.82) is 0 Å². The number of carbonyl (C=O) groups excluding carboxylic acids is 1. The third-order valence-electron chi connectivity index (χ3n) is 3.71. The molecule has 1 aromatic heterocycles. The van der Waals surface area contributed by atoms with Crippen molar-refractivity contribution >= 4 is 5.91 Å². The second kappa shape index (κ2) is 6.19. The lowest BCUT2D eigenvalue weighted by Gasteiger charge is -2.29. The molecule has 0 saturated carbocycles. The van der Waals surface area contributed by atoms with E-state index in [1.807, 2.05) is 33.3 Å². The predicted octanol–water partition coefficient (Wildman–Crippen LogP) is 1.33. The first-order valence-electron chi connectivity index (χ1n) is 6.98. The number of nitrogens with zero attached hydrogens (tertiary/aromatic N) is 3. The SMILES string of the molecule is CCO[C@H](C)C(=O)N(C)C[C@H]1CCc2nccn2C1. The van der Waals surface area contributed by atoms with Gasteiger partial charge in [-0.3, -0.25) is 4.79 Å². The minimum Gasteiger partial charge on any atom is -0.369 e. The monoisotopic (exact) mass is 265 g/mol. The van der Waals surface area contributed by atoms with Gasteiger partial charge in [-0.05, 0) is 26.2 Å². The van der Waals surface area contributed by atoms with Crippen molar-refractivity contribution in [3.8, 4) is 0 Å². The van der Waals surface area contributed by atoms with Crippen LogP contribution in [0.2, 0.25) is 0 Å². The average molecular weight is 265 g/mol. The molecule has 0 aromatic carbocycles. The summed E-state index contributed by atoms with van der Waals surface area (Å²) in [5.74, 6) is 1.73.